The molecular formula is C16H32O2Y2-2. The van der Waals surface area contributed by atoms with Gasteiger partial charge in [0, 0.05) is 65.4 Å². The second-order valence-corrected chi connectivity index (χ2v) is 3.36. The van der Waals surface area contributed by atoms with Crippen molar-refractivity contribution >= 4 is 11.6 Å². The summed E-state index contributed by atoms with van der Waals surface area (Å²) in [7, 11) is 0. The molecular weight excluding hydrogens is 402 g/mol. The molecule has 0 heterocycles. The van der Waals surface area contributed by atoms with Crippen molar-refractivity contribution < 1.29 is 75.0 Å². The van der Waals surface area contributed by atoms with Gasteiger partial charge in [0.15, 0.2) is 0 Å². The van der Waals surface area contributed by atoms with Crippen molar-refractivity contribution in [3.63, 3.8) is 0 Å². The molecule has 0 aliphatic rings. The van der Waals surface area contributed by atoms with Crippen LogP contribution in [0.4, 0.5) is 0 Å². The summed E-state index contributed by atoms with van der Waals surface area (Å²) in [5.41, 5.74) is 1.88. The average molecular weight is 434 g/mol. The first-order valence-electron chi connectivity index (χ1n) is 5.41. The van der Waals surface area contributed by atoms with Crippen molar-refractivity contribution in [3.05, 3.63) is 23.3 Å². The molecule has 0 unspecified atom stereocenters. The monoisotopic (exact) mass is 434 g/mol. The Morgan fingerprint density at radius 2 is 0.750 bits per heavy atom. The van der Waals surface area contributed by atoms with Gasteiger partial charge in [-0.15, -0.1) is 0 Å². The van der Waals surface area contributed by atoms with E-state index in [2.05, 4.69) is 12.2 Å². The minimum atomic E-state index is 0. The van der Waals surface area contributed by atoms with Crippen LogP contribution < -0.4 is 0 Å². The molecule has 0 aliphatic heterocycles. The van der Waals surface area contributed by atoms with Gasteiger partial charge in [0.1, 0.15) is 0 Å². The normalized spacial score (nSPS) is 5.80. The van der Waals surface area contributed by atoms with E-state index in [0.717, 1.165) is 11.1 Å². The van der Waals surface area contributed by atoms with Crippen molar-refractivity contribution in [1.29, 1.82) is 0 Å². The van der Waals surface area contributed by atoms with Crippen molar-refractivity contribution in [3.8, 4) is 0 Å². The van der Waals surface area contributed by atoms with Crippen LogP contribution >= 0.6 is 0 Å². The number of carbonyl (C=O) groups is 2. The SMILES string of the molecule is C.C.CC.CC(=O)[C-]=C(C)C.CC(=O)[C-]=C(C)C.[Y].[Y]. The molecule has 0 bridgehead atoms. The zero-order valence-electron chi connectivity index (χ0n) is 13.0. The fraction of sp³-hybridized carbons (Fsp3) is 0.625. The third kappa shape index (κ3) is 75.9. The van der Waals surface area contributed by atoms with Crippen molar-refractivity contribution in [2.75, 3.05) is 0 Å². The van der Waals surface area contributed by atoms with E-state index in [9.17, 15) is 9.59 Å². The Kier molecular flexibility index (Phi) is 68.8. The van der Waals surface area contributed by atoms with Gasteiger partial charge in [-0.1, -0.05) is 56.4 Å². The minimum Gasteiger partial charge on any atom is -0.429 e. The Hall–Kier alpha value is 1.03. The molecule has 0 aromatic heterocycles. The molecule has 0 aromatic carbocycles. The average Bonchev–Trinajstić information content (AvgIpc) is 2.03. The number of Topliss-reactive ketones (excluding diaryl/α,β-unsaturated/α-hetero) is 2. The molecule has 0 aliphatic carbocycles. The van der Waals surface area contributed by atoms with Crippen LogP contribution in [0.1, 0.15) is 70.2 Å². The van der Waals surface area contributed by atoms with Gasteiger partial charge in [0.25, 0.3) is 0 Å². The third-order valence-corrected chi connectivity index (χ3v) is 0.852. The molecule has 0 saturated carbocycles. The standard InChI is InChI=1S/2C6H9O.C2H6.2CH4.2Y/c2*1-5(2)4-6(3)7;1-2;;;;/h2*1-3H3;1-2H3;2*1H4;;/q2*-1;;;;;. The second kappa shape index (κ2) is 32.1. The molecule has 4 heteroatoms. The first-order chi connectivity index (χ1) is 7.25. The number of ketones is 2. The maximum absolute atomic E-state index is 10.1. The summed E-state index contributed by atoms with van der Waals surface area (Å²) in [6.45, 7) is 14.4. The predicted molar refractivity (Wildman–Crippen MR) is 82.4 cm³/mol. The van der Waals surface area contributed by atoms with Crippen LogP contribution in [0.3, 0.4) is 0 Å². The van der Waals surface area contributed by atoms with Crippen LogP contribution in [0.15, 0.2) is 11.1 Å². The summed E-state index contributed by atoms with van der Waals surface area (Å²) >= 11 is 0. The third-order valence-electron chi connectivity index (χ3n) is 0.852. The summed E-state index contributed by atoms with van der Waals surface area (Å²) in [6.07, 6.45) is 5.17. The Bertz CT molecular complexity index is 232. The van der Waals surface area contributed by atoms with Gasteiger partial charge < -0.3 is 21.7 Å². The van der Waals surface area contributed by atoms with Crippen molar-refractivity contribution in [2.45, 2.75) is 70.2 Å². The molecule has 0 amide bonds. The number of carbonyl (C=O) groups excluding carboxylic acids is 2. The van der Waals surface area contributed by atoms with E-state index >= 15 is 0 Å². The van der Waals surface area contributed by atoms with E-state index in [1.807, 2.05) is 41.5 Å². The first kappa shape index (κ1) is 42.9. The maximum atomic E-state index is 10.1. The van der Waals surface area contributed by atoms with Gasteiger partial charge in [0.05, 0.1) is 0 Å². The zero-order valence-corrected chi connectivity index (χ0v) is 18.6. The van der Waals surface area contributed by atoms with Gasteiger partial charge in [-0.25, -0.2) is 0 Å². The van der Waals surface area contributed by atoms with Crippen LogP contribution in [0, 0.1) is 12.2 Å². The number of hydrogen-bond donors (Lipinski definition) is 0. The van der Waals surface area contributed by atoms with E-state index in [-0.39, 0.29) is 91.8 Å². The molecule has 0 atom stereocenters. The first-order valence-corrected chi connectivity index (χ1v) is 5.41. The van der Waals surface area contributed by atoms with Gasteiger partial charge >= 0.3 is 0 Å². The largest absolute Gasteiger partial charge is 0.429 e. The molecule has 20 heavy (non-hydrogen) atoms. The summed E-state index contributed by atoms with van der Waals surface area (Å²) in [5.74, 6) is 0.000000000000000888. The molecule has 0 spiro atoms. The van der Waals surface area contributed by atoms with E-state index in [0.29, 0.717) is 0 Å². The number of hydrogen-bond acceptors (Lipinski definition) is 2. The Morgan fingerprint density at radius 1 is 0.600 bits per heavy atom. The number of allylic oxidation sites excluding steroid dienone is 4. The fourth-order valence-electron chi connectivity index (χ4n) is 0.704. The molecule has 0 saturated heterocycles. The van der Waals surface area contributed by atoms with Gasteiger partial charge in [-0.2, -0.15) is 0 Å². The van der Waals surface area contributed by atoms with Crippen LogP contribution in [-0.4, -0.2) is 11.6 Å². The van der Waals surface area contributed by atoms with Crippen LogP contribution in [-0.2, 0) is 75.0 Å². The van der Waals surface area contributed by atoms with E-state index < -0.39 is 0 Å². The Morgan fingerprint density at radius 3 is 0.750 bits per heavy atom. The smallest absolute Gasteiger partial charge is 0 e. The van der Waals surface area contributed by atoms with E-state index in [4.69, 9.17) is 0 Å². The molecule has 116 valence electrons. The van der Waals surface area contributed by atoms with E-state index in [1.54, 1.807) is 0 Å². The summed E-state index contributed by atoms with van der Waals surface area (Å²) in [6, 6.07) is 0. The Balaban J connectivity index is -0.0000000254. The second-order valence-electron chi connectivity index (χ2n) is 3.36. The van der Waals surface area contributed by atoms with Crippen molar-refractivity contribution in [2.24, 2.45) is 0 Å². The molecule has 2 nitrogen and oxygen atoms in total. The predicted octanol–water partition coefficient (Wildman–Crippen LogP) is 4.98. The van der Waals surface area contributed by atoms with Gasteiger partial charge in [-0.3, -0.25) is 11.1 Å². The molecule has 0 rings (SSSR count). The molecule has 0 aromatic rings. The number of rotatable bonds is 2. The maximum Gasteiger partial charge on any atom is 0 e. The Labute approximate surface area is 178 Å². The zero-order chi connectivity index (χ0) is 13.7. The minimum absolute atomic E-state index is 0. The van der Waals surface area contributed by atoms with Gasteiger partial charge in [0.2, 0.25) is 0 Å². The molecule has 0 N–H and O–H groups in total. The summed E-state index contributed by atoms with van der Waals surface area (Å²) in [4.78, 5) is 20.2. The quantitative estimate of drug-likeness (QED) is 0.454. The topological polar surface area (TPSA) is 34.1 Å². The van der Waals surface area contributed by atoms with Crippen molar-refractivity contribution in [1.82, 2.24) is 0 Å². The molecule has 0 fully saturated rings. The van der Waals surface area contributed by atoms with E-state index in [1.165, 1.54) is 13.8 Å². The van der Waals surface area contributed by atoms with Crippen LogP contribution in [0.2, 0.25) is 0 Å². The molecule has 2 radical (unpaired) electrons. The fourth-order valence-corrected chi connectivity index (χ4v) is 0.704. The van der Waals surface area contributed by atoms with Crippen LogP contribution in [0.5, 0.6) is 0 Å². The summed E-state index contributed by atoms with van der Waals surface area (Å²) in [5, 5.41) is 0. The van der Waals surface area contributed by atoms with Gasteiger partial charge in [-0.05, 0) is 25.4 Å². The van der Waals surface area contributed by atoms with Crippen LogP contribution in [0.25, 0.3) is 0 Å². The summed E-state index contributed by atoms with van der Waals surface area (Å²) < 4.78 is 0.